The molecule has 2 heteroatoms. The van der Waals surface area contributed by atoms with Gasteiger partial charge in [-0.05, 0) is 56.0 Å². The van der Waals surface area contributed by atoms with E-state index in [1.165, 1.54) is 18.1 Å². The number of benzene rings is 1. The van der Waals surface area contributed by atoms with Crippen LogP contribution < -0.4 is 5.32 Å². The van der Waals surface area contributed by atoms with Crippen molar-refractivity contribution in [1.29, 1.82) is 0 Å². The highest BCUT2D eigenvalue weighted by molar-refractivity contribution is 5.34. The number of hydrogen-bond donors (Lipinski definition) is 1. The number of hydrogen-bond acceptors (Lipinski definition) is 1. The van der Waals surface area contributed by atoms with Crippen molar-refractivity contribution >= 4 is 0 Å². The minimum Gasteiger partial charge on any atom is -0.319 e. The predicted octanol–water partition coefficient (Wildman–Crippen LogP) is 2.46. The zero-order chi connectivity index (χ0) is 10.1. The van der Waals surface area contributed by atoms with Gasteiger partial charge in [-0.2, -0.15) is 0 Å². The third-order valence-corrected chi connectivity index (χ3v) is 3.10. The van der Waals surface area contributed by atoms with Crippen LogP contribution in [-0.4, -0.2) is 13.6 Å². The van der Waals surface area contributed by atoms with E-state index >= 15 is 0 Å². The maximum atomic E-state index is 13.3. The summed E-state index contributed by atoms with van der Waals surface area (Å²) in [6.45, 7) is 2.92. The zero-order valence-electron chi connectivity index (χ0n) is 8.68. The molecular weight excluding hydrogens is 177 g/mol. The normalized spacial score (nSPS) is 25.1. The summed E-state index contributed by atoms with van der Waals surface area (Å²) in [4.78, 5) is 0. The van der Waals surface area contributed by atoms with Crippen molar-refractivity contribution in [3.8, 4) is 0 Å². The fourth-order valence-electron chi connectivity index (χ4n) is 2.14. The SMILES string of the molecule is CNC[C@H]1C[C@H]1c1cccc(F)c1C. The topological polar surface area (TPSA) is 12.0 Å². The van der Waals surface area contributed by atoms with Gasteiger partial charge >= 0.3 is 0 Å². The van der Waals surface area contributed by atoms with E-state index in [4.69, 9.17) is 0 Å². The second kappa shape index (κ2) is 3.70. The van der Waals surface area contributed by atoms with Crippen molar-refractivity contribution < 1.29 is 4.39 Å². The molecule has 76 valence electrons. The Bertz CT molecular complexity index is 335. The van der Waals surface area contributed by atoms with Crippen LogP contribution in [0.5, 0.6) is 0 Å². The highest BCUT2D eigenvalue weighted by Crippen LogP contribution is 2.48. The van der Waals surface area contributed by atoms with Gasteiger partial charge in [-0.1, -0.05) is 12.1 Å². The van der Waals surface area contributed by atoms with Gasteiger partial charge < -0.3 is 5.32 Å². The smallest absolute Gasteiger partial charge is 0.126 e. The lowest BCUT2D eigenvalue weighted by Gasteiger charge is -2.05. The van der Waals surface area contributed by atoms with Crippen LogP contribution in [0.1, 0.15) is 23.5 Å². The Balaban J connectivity index is 2.15. The van der Waals surface area contributed by atoms with Gasteiger partial charge in [0.1, 0.15) is 5.82 Å². The van der Waals surface area contributed by atoms with E-state index in [-0.39, 0.29) is 5.82 Å². The first-order valence-corrected chi connectivity index (χ1v) is 5.13. The van der Waals surface area contributed by atoms with Gasteiger partial charge in [0.05, 0.1) is 0 Å². The molecule has 2 rings (SSSR count). The largest absolute Gasteiger partial charge is 0.319 e. The molecule has 0 aromatic heterocycles. The molecule has 0 unspecified atom stereocenters. The van der Waals surface area contributed by atoms with Crippen molar-refractivity contribution in [3.63, 3.8) is 0 Å². The maximum absolute atomic E-state index is 13.3. The van der Waals surface area contributed by atoms with Crippen LogP contribution in [0.2, 0.25) is 0 Å². The number of nitrogens with one attached hydrogen (secondary N) is 1. The second-order valence-electron chi connectivity index (χ2n) is 4.11. The molecule has 0 saturated heterocycles. The third kappa shape index (κ3) is 1.67. The maximum Gasteiger partial charge on any atom is 0.126 e. The Hall–Kier alpha value is -0.890. The summed E-state index contributed by atoms with van der Waals surface area (Å²) in [7, 11) is 1.97. The highest BCUT2D eigenvalue weighted by Gasteiger charge is 2.38. The molecule has 1 nitrogen and oxygen atoms in total. The fraction of sp³-hybridized carbons (Fsp3) is 0.500. The lowest BCUT2D eigenvalue weighted by Crippen LogP contribution is -2.10. The summed E-state index contributed by atoms with van der Waals surface area (Å²) in [5.41, 5.74) is 2.03. The van der Waals surface area contributed by atoms with Crippen molar-refractivity contribution in [3.05, 3.63) is 35.1 Å². The molecule has 1 aromatic carbocycles. The van der Waals surface area contributed by atoms with Gasteiger partial charge in [0.25, 0.3) is 0 Å². The Morgan fingerprint density at radius 2 is 2.29 bits per heavy atom. The van der Waals surface area contributed by atoms with Crippen LogP contribution in [0.25, 0.3) is 0 Å². The molecule has 0 bridgehead atoms. The molecule has 1 aliphatic rings. The molecule has 14 heavy (non-hydrogen) atoms. The first-order valence-electron chi connectivity index (χ1n) is 5.13. The summed E-state index contributed by atoms with van der Waals surface area (Å²) in [6.07, 6.45) is 1.20. The molecular formula is C12H16FN. The standard InChI is InChI=1S/C12H16FN/c1-8-10(4-3-5-12(8)13)11-6-9(11)7-14-2/h3-5,9,11,14H,6-7H2,1-2H3/t9-,11-/m1/s1. The molecule has 0 amide bonds. The lowest BCUT2D eigenvalue weighted by molar-refractivity contribution is 0.613. The van der Waals surface area contributed by atoms with Crippen LogP contribution in [0, 0.1) is 18.7 Å². The summed E-state index contributed by atoms with van der Waals surface area (Å²) in [6, 6.07) is 5.40. The Morgan fingerprint density at radius 1 is 1.50 bits per heavy atom. The first kappa shape index (κ1) is 9.66. The molecule has 1 saturated carbocycles. The van der Waals surface area contributed by atoms with Gasteiger partial charge in [-0.3, -0.25) is 0 Å². The Labute approximate surface area is 84.3 Å². The van der Waals surface area contributed by atoms with E-state index in [9.17, 15) is 4.39 Å². The highest BCUT2D eigenvalue weighted by atomic mass is 19.1. The zero-order valence-corrected chi connectivity index (χ0v) is 8.68. The summed E-state index contributed by atoms with van der Waals surface area (Å²) >= 11 is 0. The van der Waals surface area contributed by atoms with E-state index in [0.29, 0.717) is 11.8 Å². The van der Waals surface area contributed by atoms with E-state index in [1.807, 2.05) is 20.0 Å². The van der Waals surface area contributed by atoms with Crippen molar-refractivity contribution in [2.75, 3.05) is 13.6 Å². The number of rotatable bonds is 3. The van der Waals surface area contributed by atoms with Gasteiger partial charge in [0.15, 0.2) is 0 Å². The quantitative estimate of drug-likeness (QED) is 0.777. The first-order chi connectivity index (χ1) is 6.74. The van der Waals surface area contributed by atoms with E-state index in [1.54, 1.807) is 0 Å². The second-order valence-corrected chi connectivity index (χ2v) is 4.11. The lowest BCUT2D eigenvalue weighted by atomic mass is 10.0. The minimum atomic E-state index is -0.0717. The van der Waals surface area contributed by atoms with E-state index in [2.05, 4.69) is 11.4 Å². The van der Waals surface area contributed by atoms with Gasteiger partial charge in [0.2, 0.25) is 0 Å². The summed E-state index contributed by atoms with van der Waals surface area (Å²) in [5, 5.41) is 3.17. The van der Waals surface area contributed by atoms with Gasteiger partial charge in [0, 0.05) is 0 Å². The van der Waals surface area contributed by atoms with Crippen LogP contribution in [0.15, 0.2) is 18.2 Å². The summed E-state index contributed by atoms with van der Waals surface area (Å²) in [5.74, 6) is 1.22. The van der Waals surface area contributed by atoms with E-state index in [0.717, 1.165) is 12.1 Å². The molecule has 0 radical (unpaired) electrons. The number of halogens is 1. The molecule has 0 spiro atoms. The van der Waals surface area contributed by atoms with Crippen molar-refractivity contribution in [1.82, 2.24) is 5.32 Å². The summed E-state index contributed by atoms with van der Waals surface area (Å²) < 4.78 is 13.3. The molecule has 0 heterocycles. The molecule has 2 atom stereocenters. The monoisotopic (exact) mass is 193 g/mol. The molecule has 1 aromatic rings. The Morgan fingerprint density at radius 3 is 3.00 bits per heavy atom. The minimum absolute atomic E-state index is 0.0717. The van der Waals surface area contributed by atoms with E-state index < -0.39 is 0 Å². The van der Waals surface area contributed by atoms with Gasteiger partial charge in [-0.15, -0.1) is 0 Å². The van der Waals surface area contributed by atoms with Crippen molar-refractivity contribution in [2.24, 2.45) is 5.92 Å². The average molecular weight is 193 g/mol. The van der Waals surface area contributed by atoms with Gasteiger partial charge in [-0.25, -0.2) is 4.39 Å². The molecule has 1 fully saturated rings. The van der Waals surface area contributed by atoms with Crippen LogP contribution in [-0.2, 0) is 0 Å². The van der Waals surface area contributed by atoms with Crippen LogP contribution in [0.4, 0.5) is 4.39 Å². The van der Waals surface area contributed by atoms with Crippen molar-refractivity contribution in [2.45, 2.75) is 19.3 Å². The Kier molecular flexibility index (Phi) is 2.55. The van der Waals surface area contributed by atoms with Crippen LogP contribution in [0.3, 0.4) is 0 Å². The van der Waals surface area contributed by atoms with Crippen LogP contribution >= 0.6 is 0 Å². The third-order valence-electron chi connectivity index (χ3n) is 3.10. The molecule has 1 aliphatic carbocycles. The molecule has 1 N–H and O–H groups in total. The average Bonchev–Trinajstić information content (AvgIpc) is 2.90. The molecule has 0 aliphatic heterocycles. The predicted molar refractivity (Wildman–Crippen MR) is 55.9 cm³/mol. The fourth-order valence-corrected chi connectivity index (χ4v) is 2.14.